The summed E-state index contributed by atoms with van der Waals surface area (Å²) in [5, 5.41) is 6.04. The molecular weight excluding hydrogens is 380 g/mol. The van der Waals surface area contributed by atoms with Crippen molar-refractivity contribution in [3.63, 3.8) is 0 Å². The Labute approximate surface area is 167 Å². The summed E-state index contributed by atoms with van der Waals surface area (Å²) in [6.45, 7) is 2.46. The number of hydrogen-bond donors (Lipinski definition) is 1. The van der Waals surface area contributed by atoms with Crippen LogP contribution in [-0.4, -0.2) is 25.1 Å². The fraction of sp³-hybridized carbons (Fsp3) is 0.300. The Morgan fingerprint density at radius 3 is 2.70 bits per heavy atom. The van der Waals surface area contributed by atoms with E-state index in [0.29, 0.717) is 30.9 Å². The molecule has 27 heavy (non-hydrogen) atoms. The molecule has 2 aromatic heterocycles. The SMILES string of the molecule is COc1ccc(CNC(=O)CCc2sc(C)nc2-c2cccs2)cc1OC. The van der Waals surface area contributed by atoms with Crippen molar-refractivity contribution < 1.29 is 14.3 Å². The Hall–Kier alpha value is -2.38. The molecule has 0 aliphatic carbocycles. The third-order valence-electron chi connectivity index (χ3n) is 4.08. The van der Waals surface area contributed by atoms with Gasteiger partial charge in [0.05, 0.1) is 29.8 Å². The van der Waals surface area contributed by atoms with Crippen LogP contribution in [0, 0.1) is 6.92 Å². The molecule has 7 heteroatoms. The summed E-state index contributed by atoms with van der Waals surface area (Å²) >= 11 is 3.34. The van der Waals surface area contributed by atoms with Gasteiger partial charge in [0.25, 0.3) is 0 Å². The predicted octanol–water partition coefficient (Wildman–Crippen LogP) is 4.45. The Kier molecular flexibility index (Phi) is 6.47. The molecule has 0 spiro atoms. The van der Waals surface area contributed by atoms with E-state index in [2.05, 4.69) is 16.4 Å². The number of methoxy groups -OCH3 is 2. The minimum absolute atomic E-state index is 0.0213. The van der Waals surface area contributed by atoms with Gasteiger partial charge < -0.3 is 14.8 Å². The molecule has 1 N–H and O–H groups in total. The van der Waals surface area contributed by atoms with Crippen molar-refractivity contribution in [1.82, 2.24) is 10.3 Å². The maximum atomic E-state index is 12.3. The first kappa shape index (κ1) is 19.4. The van der Waals surface area contributed by atoms with Crippen LogP contribution in [0.5, 0.6) is 11.5 Å². The zero-order valence-corrected chi connectivity index (χ0v) is 17.2. The third-order valence-corrected chi connectivity index (χ3v) is 5.98. The van der Waals surface area contributed by atoms with E-state index in [4.69, 9.17) is 9.47 Å². The van der Waals surface area contributed by atoms with Crippen LogP contribution in [0.25, 0.3) is 10.6 Å². The first-order chi connectivity index (χ1) is 13.1. The normalized spacial score (nSPS) is 10.6. The number of nitrogens with zero attached hydrogens (tertiary/aromatic N) is 1. The fourth-order valence-corrected chi connectivity index (χ4v) is 4.51. The molecule has 0 unspecified atom stereocenters. The molecule has 2 heterocycles. The van der Waals surface area contributed by atoms with E-state index in [1.807, 2.05) is 36.6 Å². The Balaban J connectivity index is 1.57. The fourth-order valence-electron chi connectivity index (χ4n) is 2.75. The number of thiophene rings is 1. The van der Waals surface area contributed by atoms with Crippen molar-refractivity contribution in [2.45, 2.75) is 26.3 Å². The second kappa shape index (κ2) is 9.01. The van der Waals surface area contributed by atoms with Crippen LogP contribution in [0.2, 0.25) is 0 Å². The summed E-state index contributed by atoms with van der Waals surface area (Å²) in [6, 6.07) is 9.73. The van der Waals surface area contributed by atoms with Gasteiger partial charge in [0.2, 0.25) is 5.91 Å². The van der Waals surface area contributed by atoms with Gasteiger partial charge in [0.15, 0.2) is 11.5 Å². The highest BCUT2D eigenvalue weighted by molar-refractivity contribution is 7.15. The van der Waals surface area contributed by atoms with E-state index in [1.54, 1.807) is 36.9 Å². The summed E-state index contributed by atoms with van der Waals surface area (Å²) in [6.07, 6.45) is 1.13. The van der Waals surface area contributed by atoms with Crippen molar-refractivity contribution in [1.29, 1.82) is 0 Å². The minimum atomic E-state index is 0.0213. The monoisotopic (exact) mass is 402 g/mol. The minimum Gasteiger partial charge on any atom is -0.493 e. The zero-order chi connectivity index (χ0) is 19.2. The van der Waals surface area contributed by atoms with Gasteiger partial charge in [-0.15, -0.1) is 22.7 Å². The molecule has 1 amide bonds. The van der Waals surface area contributed by atoms with E-state index in [1.165, 1.54) is 0 Å². The predicted molar refractivity (Wildman–Crippen MR) is 110 cm³/mol. The largest absolute Gasteiger partial charge is 0.493 e. The number of hydrogen-bond acceptors (Lipinski definition) is 6. The van der Waals surface area contributed by atoms with Crippen LogP contribution < -0.4 is 14.8 Å². The second-order valence-corrected chi connectivity index (χ2v) is 8.18. The van der Waals surface area contributed by atoms with Gasteiger partial charge >= 0.3 is 0 Å². The van der Waals surface area contributed by atoms with Crippen LogP contribution in [0.1, 0.15) is 21.9 Å². The van der Waals surface area contributed by atoms with Crippen molar-refractivity contribution >= 4 is 28.6 Å². The lowest BCUT2D eigenvalue weighted by molar-refractivity contribution is -0.121. The number of benzene rings is 1. The van der Waals surface area contributed by atoms with Crippen molar-refractivity contribution in [3.05, 3.63) is 51.2 Å². The van der Waals surface area contributed by atoms with Gasteiger partial charge in [-0.05, 0) is 42.5 Å². The molecule has 0 bridgehead atoms. The van der Waals surface area contributed by atoms with E-state index >= 15 is 0 Å². The maximum Gasteiger partial charge on any atom is 0.220 e. The van der Waals surface area contributed by atoms with Gasteiger partial charge in [0.1, 0.15) is 0 Å². The molecule has 0 radical (unpaired) electrons. The molecule has 142 valence electrons. The van der Waals surface area contributed by atoms with Crippen LogP contribution in [0.4, 0.5) is 0 Å². The van der Waals surface area contributed by atoms with Crippen molar-refractivity contribution in [2.75, 3.05) is 14.2 Å². The number of thiazole rings is 1. The quantitative estimate of drug-likeness (QED) is 0.605. The molecule has 1 aromatic carbocycles. The molecule has 0 fully saturated rings. The van der Waals surface area contributed by atoms with E-state index < -0.39 is 0 Å². The Bertz CT molecular complexity index is 904. The number of aromatic nitrogens is 1. The molecule has 0 aliphatic heterocycles. The van der Waals surface area contributed by atoms with Gasteiger partial charge in [-0.3, -0.25) is 4.79 Å². The summed E-state index contributed by atoms with van der Waals surface area (Å²) in [7, 11) is 3.20. The van der Waals surface area contributed by atoms with E-state index in [9.17, 15) is 4.79 Å². The molecule has 5 nitrogen and oxygen atoms in total. The lowest BCUT2D eigenvalue weighted by Gasteiger charge is -2.10. The molecular formula is C20H22N2O3S2. The summed E-state index contributed by atoms with van der Waals surface area (Å²) in [4.78, 5) is 19.2. The molecule has 0 atom stereocenters. The van der Waals surface area contributed by atoms with Crippen LogP contribution >= 0.6 is 22.7 Å². The van der Waals surface area contributed by atoms with Gasteiger partial charge in [-0.25, -0.2) is 4.98 Å². The number of rotatable bonds is 8. The number of carbonyl (C=O) groups is 1. The van der Waals surface area contributed by atoms with Crippen LogP contribution in [-0.2, 0) is 17.8 Å². The topological polar surface area (TPSA) is 60.5 Å². The highest BCUT2D eigenvalue weighted by Crippen LogP contribution is 2.32. The van der Waals surface area contributed by atoms with Crippen LogP contribution in [0.3, 0.4) is 0 Å². The third kappa shape index (κ3) is 4.87. The highest BCUT2D eigenvalue weighted by atomic mass is 32.1. The maximum absolute atomic E-state index is 12.3. The molecule has 0 saturated heterocycles. The summed E-state index contributed by atoms with van der Waals surface area (Å²) < 4.78 is 10.5. The molecule has 0 aliphatic rings. The van der Waals surface area contributed by atoms with Crippen molar-refractivity contribution in [2.24, 2.45) is 0 Å². The average Bonchev–Trinajstić information content (AvgIpc) is 3.33. The number of aryl methyl sites for hydroxylation is 2. The highest BCUT2D eigenvalue weighted by Gasteiger charge is 2.14. The number of nitrogens with one attached hydrogen (secondary N) is 1. The Morgan fingerprint density at radius 1 is 1.19 bits per heavy atom. The van der Waals surface area contributed by atoms with Gasteiger partial charge in [0, 0.05) is 17.8 Å². The average molecular weight is 403 g/mol. The lowest BCUT2D eigenvalue weighted by atomic mass is 10.2. The first-order valence-corrected chi connectivity index (χ1v) is 10.3. The molecule has 3 aromatic rings. The van der Waals surface area contributed by atoms with E-state index in [-0.39, 0.29) is 5.91 Å². The summed E-state index contributed by atoms with van der Waals surface area (Å²) in [5.74, 6) is 1.35. The standard InChI is InChI=1S/C20H22N2O3S2/c1-13-22-20(17-5-4-10-26-17)18(27-13)8-9-19(23)21-12-14-6-7-15(24-2)16(11-14)25-3/h4-7,10-11H,8-9,12H2,1-3H3,(H,21,23). The van der Waals surface area contributed by atoms with Crippen LogP contribution in [0.15, 0.2) is 35.7 Å². The lowest BCUT2D eigenvalue weighted by Crippen LogP contribution is -2.23. The smallest absolute Gasteiger partial charge is 0.220 e. The Morgan fingerprint density at radius 2 is 2.00 bits per heavy atom. The number of amides is 1. The molecule has 0 saturated carbocycles. The van der Waals surface area contributed by atoms with E-state index in [0.717, 1.165) is 26.0 Å². The number of carbonyl (C=O) groups excluding carboxylic acids is 1. The first-order valence-electron chi connectivity index (χ1n) is 8.58. The number of ether oxygens (including phenoxy) is 2. The molecule has 3 rings (SSSR count). The zero-order valence-electron chi connectivity index (χ0n) is 15.6. The van der Waals surface area contributed by atoms with Gasteiger partial charge in [-0.1, -0.05) is 12.1 Å². The van der Waals surface area contributed by atoms with Gasteiger partial charge in [-0.2, -0.15) is 0 Å². The van der Waals surface area contributed by atoms with Crippen molar-refractivity contribution in [3.8, 4) is 22.1 Å². The second-order valence-electron chi connectivity index (χ2n) is 5.95. The summed E-state index contributed by atoms with van der Waals surface area (Å²) in [5.41, 5.74) is 1.98.